The maximum absolute atomic E-state index is 13.6. The van der Waals surface area contributed by atoms with Crippen LogP contribution in [-0.2, 0) is 23.4 Å². The molecule has 0 spiro atoms. The smallest absolute Gasteiger partial charge is 0.175 e. The van der Waals surface area contributed by atoms with Gasteiger partial charge >= 0.3 is 0 Å². The Bertz CT molecular complexity index is 696. The fourth-order valence-electron chi connectivity index (χ4n) is 1.53. The van der Waals surface area contributed by atoms with Gasteiger partial charge in [-0.3, -0.25) is 4.68 Å². The van der Waals surface area contributed by atoms with E-state index >= 15 is 0 Å². The van der Waals surface area contributed by atoms with Crippen molar-refractivity contribution in [3.8, 4) is 0 Å². The second-order valence-corrected chi connectivity index (χ2v) is 6.13. The van der Waals surface area contributed by atoms with Crippen LogP contribution in [0, 0.1) is 5.82 Å². The van der Waals surface area contributed by atoms with Gasteiger partial charge in [0.2, 0.25) is 0 Å². The Hall–Kier alpha value is -1.96. The molecule has 0 fully saturated rings. The average Bonchev–Trinajstić information content (AvgIpc) is 2.72. The molecule has 0 bridgehead atoms. The third-order valence-corrected chi connectivity index (χ3v) is 3.74. The van der Waals surface area contributed by atoms with Gasteiger partial charge in [-0.05, 0) is 18.2 Å². The van der Waals surface area contributed by atoms with Crippen LogP contribution >= 0.6 is 0 Å². The zero-order chi connectivity index (χ0) is 14.0. The predicted molar refractivity (Wildman–Crippen MR) is 67.8 cm³/mol. The number of aromatic nitrogens is 3. The maximum Gasteiger partial charge on any atom is 0.175 e. The molecular weight excluding hydrogens is 271 g/mol. The maximum atomic E-state index is 13.6. The molecule has 1 N–H and O–H groups in total. The minimum Gasteiger partial charge on any atom is -0.377 e. The van der Waals surface area contributed by atoms with Crippen LogP contribution in [0.4, 0.5) is 10.1 Å². The number of hydrogen-bond donors (Lipinski definition) is 1. The van der Waals surface area contributed by atoms with Gasteiger partial charge in [-0.15, -0.1) is 5.10 Å². The molecule has 2 rings (SSSR count). The Morgan fingerprint density at radius 2 is 2.16 bits per heavy atom. The van der Waals surface area contributed by atoms with Crippen LogP contribution in [0.15, 0.2) is 29.3 Å². The fourth-order valence-corrected chi connectivity index (χ4v) is 2.17. The Morgan fingerprint density at radius 1 is 1.42 bits per heavy atom. The molecule has 0 atom stereocenters. The monoisotopic (exact) mass is 284 g/mol. The lowest BCUT2D eigenvalue weighted by Gasteiger charge is -2.08. The molecule has 0 saturated heterocycles. The molecule has 1 aromatic carbocycles. The summed E-state index contributed by atoms with van der Waals surface area (Å²) in [5, 5.41) is 10.3. The number of halogens is 1. The standard InChI is InChI=1S/C11H13FN4O2S/c1-16-8(7-14-15-16)6-13-11-5-9(19(2,17)18)3-4-10(11)12/h3-5,7,13H,6H2,1-2H3. The third-order valence-electron chi connectivity index (χ3n) is 2.63. The molecule has 0 amide bonds. The van der Waals surface area contributed by atoms with Crippen molar-refractivity contribution in [2.45, 2.75) is 11.4 Å². The van der Waals surface area contributed by atoms with Crippen LogP contribution in [0.3, 0.4) is 0 Å². The molecule has 0 aliphatic carbocycles. The Kier molecular flexibility index (Phi) is 3.52. The Balaban J connectivity index is 2.23. The van der Waals surface area contributed by atoms with Crippen molar-refractivity contribution in [2.75, 3.05) is 11.6 Å². The van der Waals surface area contributed by atoms with Crippen molar-refractivity contribution in [1.29, 1.82) is 0 Å². The van der Waals surface area contributed by atoms with Crippen molar-refractivity contribution in [2.24, 2.45) is 7.05 Å². The molecule has 0 saturated carbocycles. The number of sulfone groups is 1. The number of benzene rings is 1. The number of nitrogens with zero attached hydrogens (tertiary/aromatic N) is 3. The van der Waals surface area contributed by atoms with E-state index in [4.69, 9.17) is 0 Å². The van der Waals surface area contributed by atoms with Crippen molar-refractivity contribution in [1.82, 2.24) is 15.0 Å². The third kappa shape index (κ3) is 3.08. The van der Waals surface area contributed by atoms with E-state index in [1.54, 1.807) is 17.9 Å². The Labute approximate surface area is 110 Å². The van der Waals surface area contributed by atoms with Crippen LogP contribution in [0.25, 0.3) is 0 Å². The summed E-state index contributed by atoms with van der Waals surface area (Å²) >= 11 is 0. The summed E-state index contributed by atoms with van der Waals surface area (Å²) in [5.41, 5.74) is 0.883. The van der Waals surface area contributed by atoms with Crippen molar-refractivity contribution in [3.63, 3.8) is 0 Å². The van der Waals surface area contributed by atoms with Crippen molar-refractivity contribution in [3.05, 3.63) is 35.9 Å². The molecule has 102 valence electrons. The summed E-state index contributed by atoms with van der Waals surface area (Å²) < 4.78 is 38.0. The Morgan fingerprint density at radius 3 is 2.74 bits per heavy atom. The van der Waals surface area contributed by atoms with E-state index in [0.717, 1.165) is 18.0 Å². The minimum absolute atomic E-state index is 0.0690. The summed E-state index contributed by atoms with van der Waals surface area (Å²) in [7, 11) is -1.64. The van der Waals surface area contributed by atoms with Gasteiger partial charge in [-0.25, -0.2) is 12.8 Å². The molecule has 2 aromatic rings. The van der Waals surface area contributed by atoms with Gasteiger partial charge in [-0.1, -0.05) is 5.21 Å². The van der Waals surface area contributed by atoms with Crippen LogP contribution in [0.5, 0.6) is 0 Å². The van der Waals surface area contributed by atoms with E-state index in [1.165, 1.54) is 12.1 Å². The zero-order valence-electron chi connectivity index (χ0n) is 10.5. The summed E-state index contributed by atoms with van der Waals surface area (Å²) in [5.74, 6) is -0.512. The molecule has 1 aromatic heterocycles. The average molecular weight is 284 g/mol. The van der Waals surface area contributed by atoms with Crippen LogP contribution in [0.2, 0.25) is 0 Å². The SMILES string of the molecule is Cn1nncc1CNc1cc(S(C)(=O)=O)ccc1F. The van der Waals surface area contributed by atoms with Gasteiger partial charge in [0.25, 0.3) is 0 Å². The first-order valence-corrected chi connectivity index (χ1v) is 7.34. The highest BCUT2D eigenvalue weighted by molar-refractivity contribution is 7.90. The lowest BCUT2D eigenvalue weighted by Crippen LogP contribution is -2.07. The molecule has 1 heterocycles. The van der Waals surface area contributed by atoms with E-state index < -0.39 is 15.7 Å². The molecular formula is C11H13FN4O2S. The first-order chi connectivity index (χ1) is 8.88. The van der Waals surface area contributed by atoms with Gasteiger partial charge in [0.15, 0.2) is 9.84 Å². The van der Waals surface area contributed by atoms with Crippen molar-refractivity contribution >= 4 is 15.5 Å². The van der Waals surface area contributed by atoms with Crippen LogP contribution < -0.4 is 5.32 Å². The predicted octanol–water partition coefficient (Wildman–Crippen LogP) is 0.970. The summed E-state index contributed by atoms with van der Waals surface area (Å²) in [4.78, 5) is 0.0690. The second kappa shape index (κ2) is 4.96. The largest absolute Gasteiger partial charge is 0.377 e. The van der Waals surface area contributed by atoms with E-state index in [0.29, 0.717) is 6.54 Å². The normalized spacial score (nSPS) is 11.5. The fraction of sp³-hybridized carbons (Fsp3) is 0.273. The second-order valence-electron chi connectivity index (χ2n) is 4.12. The molecule has 8 heteroatoms. The topological polar surface area (TPSA) is 76.9 Å². The van der Waals surface area contributed by atoms with Gasteiger partial charge in [0.05, 0.1) is 29.0 Å². The quantitative estimate of drug-likeness (QED) is 0.847. The highest BCUT2D eigenvalue weighted by Gasteiger charge is 2.11. The van der Waals surface area contributed by atoms with E-state index in [9.17, 15) is 12.8 Å². The van der Waals surface area contributed by atoms with Gasteiger partial charge in [0.1, 0.15) is 5.82 Å². The van der Waals surface area contributed by atoms with E-state index in [-0.39, 0.29) is 10.6 Å². The lowest BCUT2D eigenvalue weighted by atomic mass is 10.3. The molecule has 0 aliphatic rings. The number of aryl methyl sites for hydroxylation is 1. The highest BCUT2D eigenvalue weighted by Crippen LogP contribution is 2.20. The number of rotatable bonds is 4. The van der Waals surface area contributed by atoms with Crippen molar-refractivity contribution < 1.29 is 12.8 Å². The van der Waals surface area contributed by atoms with Crippen LogP contribution in [0.1, 0.15) is 5.69 Å². The highest BCUT2D eigenvalue weighted by atomic mass is 32.2. The first-order valence-electron chi connectivity index (χ1n) is 5.45. The van der Waals surface area contributed by atoms with Crippen LogP contribution in [-0.4, -0.2) is 29.7 Å². The number of nitrogens with one attached hydrogen (secondary N) is 1. The lowest BCUT2D eigenvalue weighted by molar-refractivity contribution is 0.600. The molecule has 0 radical (unpaired) electrons. The zero-order valence-corrected chi connectivity index (χ0v) is 11.3. The number of hydrogen-bond acceptors (Lipinski definition) is 5. The summed E-state index contributed by atoms with van der Waals surface area (Å²) in [6.45, 7) is 0.299. The molecule has 6 nitrogen and oxygen atoms in total. The minimum atomic E-state index is -3.36. The summed E-state index contributed by atoms with van der Waals surface area (Å²) in [6, 6.07) is 3.64. The summed E-state index contributed by atoms with van der Waals surface area (Å²) in [6.07, 6.45) is 2.63. The van der Waals surface area contributed by atoms with Gasteiger partial charge in [0, 0.05) is 13.3 Å². The molecule has 0 unspecified atom stereocenters. The number of anilines is 1. The first kappa shape index (κ1) is 13.5. The van der Waals surface area contributed by atoms with E-state index in [1.807, 2.05) is 0 Å². The molecule has 19 heavy (non-hydrogen) atoms. The van der Waals surface area contributed by atoms with Gasteiger partial charge in [-0.2, -0.15) is 0 Å². The van der Waals surface area contributed by atoms with Gasteiger partial charge < -0.3 is 5.32 Å². The molecule has 0 aliphatic heterocycles. The van der Waals surface area contributed by atoms with E-state index in [2.05, 4.69) is 15.6 Å².